The molecular formula is CH10K6. The predicted octanol–water partition coefficient (Wildman–Crippen LogP) is -3.25. The Morgan fingerprint density at radius 2 is 0.286 bits per heavy atom. The molecule has 0 N–H and O–H groups in total. The minimum absolute atomic E-state index is 0. The molecular weight excluding hydrogens is 247 g/mol. The number of hydrogen-bond acceptors (Lipinski definition) is 0. The summed E-state index contributed by atoms with van der Waals surface area (Å²) in [6.07, 6.45) is 0. The third-order valence-electron chi connectivity index (χ3n) is 0. The molecule has 0 radical (unpaired) electrons. The molecule has 0 aromatic carbocycles. The van der Waals surface area contributed by atoms with Gasteiger partial charge >= 0.3 is 308 Å². The van der Waals surface area contributed by atoms with E-state index in [1.54, 1.807) is 0 Å². The molecule has 0 aliphatic heterocycles. The van der Waals surface area contributed by atoms with Crippen molar-refractivity contribution >= 4 is 308 Å². The number of hydrogen-bond donors (Lipinski definition) is 0. The van der Waals surface area contributed by atoms with E-state index in [9.17, 15) is 0 Å². The maximum absolute atomic E-state index is 0. The van der Waals surface area contributed by atoms with Crippen molar-refractivity contribution in [1.82, 2.24) is 0 Å². The first-order chi connectivity index (χ1) is 0. The molecule has 6 heteroatoms. The molecule has 0 spiro atoms. The number of rotatable bonds is 0. The van der Waals surface area contributed by atoms with Crippen LogP contribution in [0.5, 0.6) is 0 Å². The summed E-state index contributed by atoms with van der Waals surface area (Å²) < 4.78 is 0. The van der Waals surface area contributed by atoms with Crippen LogP contribution in [0.3, 0.4) is 0 Å². The van der Waals surface area contributed by atoms with Crippen LogP contribution in [-0.4, -0.2) is 308 Å². The molecule has 0 nitrogen and oxygen atoms in total. The second kappa shape index (κ2) is 36.0. The third kappa shape index (κ3) is 31.3. The van der Waals surface area contributed by atoms with E-state index in [1.165, 1.54) is 0 Å². The van der Waals surface area contributed by atoms with Gasteiger partial charge in [0.25, 0.3) is 0 Å². The van der Waals surface area contributed by atoms with Crippen LogP contribution < -0.4 is 0 Å². The van der Waals surface area contributed by atoms with Gasteiger partial charge in [0.15, 0.2) is 0 Å². The molecule has 0 aromatic heterocycles. The summed E-state index contributed by atoms with van der Waals surface area (Å²) in [5.41, 5.74) is 0. The zero-order valence-corrected chi connectivity index (χ0v) is 0. The Kier molecular flexibility index (Phi) is 225. The monoisotopic (exact) mass is 256 g/mol. The average Bonchev–Trinajstić information content (AvgIpc) is 0. The standard InChI is InChI=1S/CH4.6K.6H/h1H4;;;;;;;;;;;;. The van der Waals surface area contributed by atoms with Crippen LogP contribution in [-0.2, 0) is 0 Å². The van der Waals surface area contributed by atoms with E-state index >= 15 is 0 Å². The molecule has 0 saturated heterocycles. The van der Waals surface area contributed by atoms with Crippen molar-refractivity contribution < 1.29 is 0 Å². The molecule has 0 rings (SSSR count). The van der Waals surface area contributed by atoms with Gasteiger partial charge in [0.05, 0.1) is 0 Å². The van der Waals surface area contributed by atoms with Crippen molar-refractivity contribution in [3.05, 3.63) is 0 Å². The normalized spacial score (nSPS) is 0. The van der Waals surface area contributed by atoms with Crippen molar-refractivity contribution in [2.24, 2.45) is 0 Å². The first-order valence-electron chi connectivity index (χ1n) is 0. The molecule has 0 heterocycles. The molecule has 0 fully saturated rings. The Balaban J connectivity index is 0. The molecule has 0 aliphatic rings. The molecule has 0 saturated carbocycles. The van der Waals surface area contributed by atoms with Crippen molar-refractivity contribution in [1.29, 1.82) is 0 Å². The van der Waals surface area contributed by atoms with Crippen LogP contribution in [0.2, 0.25) is 0 Å². The Morgan fingerprint density at radius 1 is 0.286 bits per heavy atom. The molecule has 0 atom stereocenters. The fourth-order valence-electron chi connectivity index (χ4n) is 0. The average molecular weight is 257 g/mol. The van der Waals surface area contributed by atoms with E-state index in [-0.39, 0.29) is 316 Å². The molecule has 0 aromatic rings. The van der Waals surface area contributed by atoms with Crippen molar-refractivity contribution in [2.45, 2.75) is 7.43 Å². The Hall–Kier alpha value is 9.82. The van der Waals surface area contributed by atoms with E-state index in [2.05, 4.69) is 0 Å². The zero-order valence-electron chi connectivity index (χ0n) is 0. The molecule has 0 amide bonds. The van der Waals surface area contributed by atoms with Gasteiger partial charge < -0.3 is 0 Å². The van der Waals surface area contributed by atoms with Crippen molar-refractivity contribution in [2.75, 3.05) is 0 Å². The van der Waals surface area contributed by atoms with Gasteiger partial charge in [-0.25, -0.2) is 0 Å². The first-order valence-corrected chi connectivity index (χ1v) is 0. The summed E-state index contributed by atoms with van der Waals surface area (Å²) in [6, 6.07) is 0. The maximum atomic E-state index is 0. The van der Waals surface area contributed by atoms with Crippen molar-refractivity contribution in [3.8, 4) is 0 Å². The summed E-state index contributed by atoms with van der Waals surface area (Å²) in [4.78, 5) is 0. The quantitative estimate of drug-likeness (QED) is 0.400. The topological polar surface area (TPSA) is 0 Å². The molecule has 7 heavy (non-hydrogen) atoms. The molecule has 20 valence electrons. The fraction of sp³-hybridized carbons (Fsp3) is 1.00. The molecule has 0 unspecified atom stereocenters. The summed E-state index contributed by atoms with van der Waals surface area (Å²) in [6.45, 7) is 0. The van der Waals surface area contributed by atoms with Crippen LogP contribution in [0, 0.1) is 0 Å². The van der Waals surface area contributed by atoms with Crippen LogP contribution in [0.25, 0.3) is 0 Å². The van der Waals surface area contributed by atoms with E-state index in [0.29, 0.717) is 0 Å². The van der Waals surface area contributed by atoms with Crippen molar-refractivity contribution in [3.63, 3.8) is 0 Å². The molecule has 0 bridgehead atoms. The Morgan fingerprint density at radius 3 is 0.286 bits per heavy atom. The van der Waals surface area contributed by atoms with Gasteiger partial charge in [-0.2, -0.15) is 0 Å². The van der Waals surface area contributed by atoms with Crippen LogP contribution >= 0.6 is 0 Å². The predicted molar refractivity (Wildman–Crippen MR) is 49.6 cm³/mol. The minimum atomic E-state index is 0. The molecule has 0 aliphatic carbocycles. The van der Waals surface area contributed by atoms with Crippen LogP contribution in [0.1, 0.15) is 7.43 Å². The van der Waals surface area contributed by atoms with Gasteiger partial charge in [0.2, 0.25) is 0 Å². The van der Waals surface area contributed by atoms with E-state index < -0.39 is 0 Å². The zero-order chi connectivity index (χ0) is 0. The Bertz CT molecular complexity index is 4.14. The fourth-order valence-corrected chi connectivity index (χ4v) is 0. The first kappa shape index (κ1) is 43.7. The van der Waals surface area contributed by atoms with E-state index in [4.69, 9.17) is 0 Å². The van der Waals surface area contributed by atoms with E-state index in [0.717, 1.165) is 0 Å². The van der Waals surface area contributed by atoms with Crippen LogP contribution in [0.15, 0.2) is 0 Å². The van der Waals surface area contributed by atoms with Gasteiger partial charge in [0.1, 0.15) is 0 Å². The summed E-state index contributed by atoms with van der Waals surface area (Å²) in [7, 11) is 0. The van der Waals surface area contributed by atoms with Gasteiger partial charge in [-0.1, -0.05) is 7.43 Å². The summed E-state index contributed by atoms with van der Waals surface area (Å²) >= 11 is 0. The van der Waals surface area contributed by atoms with E-state index in [1.807, 2.05) is 0 Å². The second-order valence-corrected chi connectivity index (χ2v) is 0. The second-order valence-electron chi connectivity index (χ2n) is 0. The summed E-state index contributed by atoms with van der Waals surface area (Å²) in [5.74, 6) is 0. The van der Waals surface area contributed by atoms with Gasteiger partial charge in [-0.05, 0) is 0 Å². The van der Waals surface area contributed by atoms with Gasteiger partial charge in [-0.15, -0.1) is 0 Å². The Labute approximate surface area is 302 Å². The summed E-state index contributed by atoms with van der Waals surface area (Å²) in [5, 5.41) is 0. The SMILES string of the molecule is C.[KH].[KH].[KH].[KH].[KH].[KH]. The van der Waals surface area contributed by atoms with Gasteiger partial charge in [0, 0.05) is 0 Å². The van der Waals surface area contributed by atoms with Crippen LogP contribution in [0.4, 0.5) is 0 Å². The van der Waals surface area contributed by atoms with Gasteiger partial charge in [-0.3, -0.25) is 0 Å². The third-order valence-corrected chi connectivity index (χ3v) is 0.